The van der Waals surface area contributed by atoms with Crippen LogP contribution in [0.4, 0.5) is 0 Å². The fourth-order valence-corrected chi connectivity index (χ4v) is 7.46. The summed E-state index contributed by atoms with van der Waals surface area (Å²) in [5.74, 6) is 3.95. The summed E-state index contributed by atoms with van der Waals surface area (Å²) in [6.45, 7) is 6.20. The topological polar surface area (TPSA) is 74.5 Å². The van der Waals surface area contributed by atoms with E-state index in [1.54, 1.807) is 0 Å². The van der Waals surface area contributed by atoms with Gasteiger partial charge in [-0.2, -0.15) is 4.98 Å². The highest BCUT2D eigenvalue weighted by Crippen LogP contribution is 2.55. The monoisotopic (exact) mass is 483 g/mol. The van der Waals surface area contributed by atoms with Crippen LogP contribution in [0.1, 0.15) is 51.3 Å². The second kappa shape index (κ2) is 8.92. The van der Waals surface area contributed by atoms with Crippen molar-refractivity contribution < 1.29 is 9.32 Å². The lowest BCUT2D eigenvalue weighted by atomic mass is 9.53. The first-order valence-corrected chi connectivity index (χ1v) is 13.2. The van der Waals surface area contributed by atoms with Crippen molar-refractivity contribution in [3.8, 4) is 11.4 Å². The Hall–Kier alpha value is -1.96. The Morgan fingerprint density at radius 3 is 2.32 bits per heavy atom. The third-order valence-electron chi connectivity index (χ3n) is 8.69. The van der Waals surface area contributed by atoms with E-state index in [1.807, 2.05) is 24.3 Å². The number of aromatic nitrogens is 2. The molecule has 34 heavy (non-hydrogen) atoms. The average molecular weight is 484 g/mol. The second-order valence-corrected chi connectivity index (χ2v) is 11.6. The summed E-state index contributed by atoms with van der Waals surface area (Å²) in [7, 11) is 0. The van der Waals surface area contributed by atoms with Crippen molar-refractivity contribution in [2.45, 2.75) is 63.6 Å². The smallest absolute Gasteiger partial charge is 0.241 e. The molecule has 1 saturated heterocycles. The summed E-state index contributed by atoms with van der Waals surface area (Å²) >= 11 is 5.97. The third kappa shape index (κ3) is 4.50. The number of halogens is 1. The van der Waals surface area contributed by atoms with Crippen LogP contribution in [0.25, 0.3) is 11.4 Å². The van der Waals surface area contributed by atoms with Gasteiger partial charge in [0.05, 0.1) is 12.6 Å². The molecular weight excluding hydrogens is 450 g/mol. The maximum atomic E-state index is 13.3. The maximum absolute atomic E-state index is 13.3. The number of amides is 1. The summed E-state index contributed by atoms with van der Waals surface area (Å²) in [5.41, 5.74) is 0.977. The van der Waals surface area contributed by atoms with E-state index in [0.717, 1.165) is 49.5 Å². The van der Waals surface area contributed by atoms with Crippen molar-refractivity contribution >= 4 is 17.5 Å². The molecule has 1 amide bonds. The van der Waals surface area contributed by atoms with Crippen molar-refractivity contribution in [2.75, 3.05) is 26.2 Å². The third-order valence-corrected chi connectivity index (χ3v) is 8.94. The lowest BCUT2D eigenvalue weighted by Gasteiger charge is -2.57. The molecule has 5 fully saturated rings. The van der Waals surface area contributed by atoms with Crippen molar-refractivity contribution in [3.05, 3.63) is 35.2 Å². The van der Waals surface area contributed by atoms with Crippen LogP contribution in [0.5, 0.6) is 0 Å². The lowest BCUT2D eigenvalue weighted by molar-refractivity contribution is -0.132. The number of benzene rings is 1. The van der Waals surface area contributed by atoms with Crippen molar-refractivity contribution in [1.29, 1.82) is 0 Å². The molecule has 4 aliphatic carbocycles. The predicted octanol–water partition coefficient (Wildman–Crippen LogP) is 3.98. The zero-order chi connectivity index (χ0) is 23.3. The fraction of sp³-hybridized carbons (Fsp3) is 0.654. The Labute approximate surface area is 206 Å². The van der Waals surface area contributed by atoms with E-state index in [0.29, 0.717) is 23.3 Å². The van der Waals surface area contributed by atoms with Gasteiger partial charge >= 0.3 is 0 Å². The number of carbonyl (C=O) groups excluding carboxylic acids is 1. The molecule has 1 aliphatic heterocycles. The number of nitrogens with zero attached hydrogens (tertiary/aromatic N) is 4. The molecule has 2 heterocycles. The highest BCUT2D eigenvalue weighted by atomic mass is 35.5. The van der Waals surface area contributed by atoms with E-state index in [9.17, 15) is 4.79 Å². The minimum Gasteiger partial charge on any atom is -0.349 e. The highest BCUT2D eigenvalue weighted by Gasteiger charge is 2.51. The van der Waals surface area contributed by atoms with Gasteiger partial charge in [0.15, 0.2) is 0 Å². The van der Waals surface area contributed by atoms with Gasteiger partial charge in [-0.15, -0.1) is 0 Å². The van der Waals surface area contributed by atoms with Crippen LogP contribution in [0.2, 0.25) is 5.02 Å². The normalized spacial score (nSPS) is 32.1. The van der Waals surface area contributed by atoms with Gasteiger partial charge in [0, 0.05) is 42.3 Å². The summed E-state index contributed by atoms with van der Waals surface area (Å²) in [5, 5.41) is 8.36. The Bertz CT molecular complexity index is 995. The minimum atomic E-state index is -0.0879. The number of nitrogens with one attached hydrogen (secondary N) is 1. The van der Waals surface area contributed by atoms with Gasteiger partial charge < -0.3 is 9.84 Å². The first-order valence-electron chi connectivity index (χ1n) is 12.8. The zero-order valence-electron chi connectivity index (χ0n) is 19.9. The molecule has 4 bridgehead atoms. The van der Waals surface area contributed by atoms with Crippen LogP contribution in [0, 0.1) is 17.8 Å². The van der Waals surface area contributed by atoms with E-state index >= 15 is 0 Å². The molecule has 7 rings (SSSR count). The molecular formula is C26H34ClN5O2. The summed E-state index contributed by atoms with van der Waals surface area (Å²) in [6, 6.07) is 7.35. The molecule has 0 radical (unpaired) electrons. The molecule has 1 unspecified atom stereocenters. The van der Waals surface area contributed by atoms with E-state index in [-0.39, 0.29) is 17.5 Å². The van der Waals surface area contributed by atoms with Gasteiger partial charge in [-0.3, -0.25) is 14.6 Å². The van der Waals surface area contributed by atoms with E-state index in [2.05, 4.69) is 32.2 Å². The van der Waals surface area contributed by atoms with E-state index < -0.39 is 0 Å². The van der Waals surface area contributed by atoms with Crippen LogP contribution < -0.4 is 5.32 Å². The van der Waals surface area contributed by atoms with E-state index in [1.165, 1.54) is 38.5 Å². The quantitative estimate of drug-likeness (QED) is 0.669. The summed E-state index contributed by atoms with van der Waals surface area (Å²) in [6.07, 6.45) is 7.80. The van der Waals surface area contributed by atoms with Gasteiger partial charge in [0.1, 0.15) is 0 Å². The lowest BCUT2D eigenvalue weighted by Crippen LogP contribution is -2.63. The maximum Gasteiger partial charge on any atom is 0.241 e. The molecule has 5 aliphatic rings. The van der Waals surface area contributed by atoms with Crippen LogP contribution in [0.3, 0.4) is 0 Å². The Morgan fingerprint density at radius 2 is 1.71 bits per heavy atom. The molecule has 4 saturated carbocycles. The first kappa shape index (κ1) is 22.5. The van der Waals surface area contributed by atoms with Crippen molar-refractivity contribution in [3.63, 3.8) is 0 Å². The van der Waals surface area contributed by atoms with Gasteiger partial charge in [0.25, 0.3) is 0 Å². The highest BCUT2D eigenvalue weighted by molar-refractivity contribution is 6.30. The second-order valence-electron chi connectivity index (χ2n) is 11.2. The number of rotatable bonds is 6. The standard InChI is InChI=1S/C26H34ClN5O2/c1-17(25(33)29-26-13-18-10-19(14-26)12-20(11-18)15-26)32-8-6-31(7-9-32)16-23-28-24(30-34-23)21-2-4-22(27)5-3-21/h2-5,17-20H,6-16H2,1H3,(H,29,33). The van der Waals surface area contributed by atoms with Gasteiger partial charge in [-0.25, -0.2) is 0 Å². The average Bonchev–Trinajstić information content (AvgIpc) is 3.27. The Morgan fingerprint density at radius 1 is 1.09 bits per heavy atom. The fourth-order valence-electron chi connectivity index (χ4n) is 7.33. The largest absolute Gasteiger partial charge is 0.349 e. The molecule has 2 aromatic rings. The van der Waals surface area contributed by atoms with Crippen LogP contribution >= 0.6 is 11.6 Å². The molecule has 1 N–H and O–H groups in total. The Kier molecular flexibility index (Phi) is 5.90. The SMILES string of the molecule is CC(C(=O)NC12CC3CC(CC(C3)C1)C2)N1CCN(Cc2nc(-c3ccc(Cl)cc3)no2)CC1. The van der Waals surface area contributed by atoms with Crippen molar-refractivity contribution in [2.24, 2.45) is 17.8 Å². The molecule has 1 aromatic heterocycles. The number of hydrogen-bond donors (Lipinski definition) is 1. The van der Waals surface area contributed by atoms with Gasteiger partial charge in [-0.05, 0) is 87.5 Å². The number of carbonyl (C=O) groups is 1. The summed E-state index contributed by atoms with van der Waals surface area (Å²) < 4.78 is 5.49. The first-order chi connectivity index (χ1) is 16.4. The van der Waals surface area contributed by atoms with Gasteiger partial charge in [0.2, 0.25) is 17.6 Å². The molecule has 7 nitrogen and oxygen atoms in total. The van der Waals surface area contributed by atoms with Crippen LogP contribution in [-0.4, -0.2) is 63.6 Å². The van der Waals surface area contributed by atoms with Crippen molar-refractivity contribution in [1.82, 2.24) is 25.3 Å². The predicted molar refractivity (Wildman–Crippen MR) is 130 cm³/mol. The zero-order valence-corrected chi connectivity index (χ0v) is 20.6. The number of piperazine rings is 1. The van der Waals surface area contributed by atoms with E-state index in [4.69, 9.17) is 16.1 Å². The van der Waals surface area contributed by atoms with Crippen LogP contribution in [0.15, 0.2) is 28.8 Å². The minimum absolute atomic E-state index is 0.0850. The van der Waals surface area contributed by atoms with Gasteiger partial charge in [-0.1, -0.05) is 16.8 Å². The molecule has 8 heteroatoms. The number of hydrogen-bond acceptors (Lipinski definition) is 6. The Balaban J connectivity index is 1.00. The van der Waals surface area contributed by atoms with Crippen LogP contribution in [-0.2, 0) is 11.3 Å². The molecule has 1 atom stereocenters. The molecule has 182 valence electrons. The molecule has 1 aromatic carbocycles. The summed E-state index contributed by atoms with van der Waals surface area (Å²) in [4.78, 5) is 22.4. The molecule has 0 spiro atoms.